The van der Waals surface area contributed by atoms with E-state index in [4.69, 9.17) is 9.72 Å². The summed E-state index contributed by atoms with van der Waals surface area (Å²) in [5, 5.41) is 9.33. The van der Waals surface area contributed by atoms with Crippen LogP contribution in [0.3, 0.4) is 0 Å². The molecule has 5 rings (SSSR count). The molecule has 9 heteroatoms. The van der Waals surface area contributed by atoms with Crippen molar-refractivity contribution in [1.82, 2.24) is 4.98 Å². The van der Waals surface area contributed by atoms with Crippen LogP contribution >= 0.6 is 11.8 Å². The molecule has 4 aromatic rings. The number of esters is 1. The van der Waals surface area contributed by atoms with E-state index >= 15 is 0 Å². The summed E-state index contributed by atoms with van der Waals surface area (Å²) in [4.78, 5) is 56.9. The van der Waals surface area contributed by atoms with E-state index in [-0.39, 0.29) is 17.8 Å². The second kappa shape index (κ2) is 12.2. The molecule has 1 saturated heterocycles. The van der Waals surface area contributed by atoms with Gasteiger partial charge in [-0.2, -0.15) is 5.26 Å². The van der Waals surface area contributed by atoms with Gasteiger partial charge in [-0.05, 0) is 49.7 Å². The second-order valence-electron chi connectivity index (χ2n) is 9.77. The minimum atomic E-state index is -0.763. The van der Waals surface area contributed by atoms with Crippen molar-refractivity contribution in [3.63, 3.8) is 0 Å². The number of hydrogen-bond donors (Lipinski definition) is 0. The molecular formula is C33H25N3O5S. The number of aromatic nitrogens is 1. The molecule has 1 atom stereocenters. The predicted molar refractivity (Wildman–Crippen MR) is 158 cm³/mol. The number of ether oxygens (including phenoxy) is 1. The Labute approximate surface area is 247 Å². The van der Waals surface area contributed by atoms with Gasteiger partial charge in [0.15, 0.2) is 12.4 Å². The molecule has 208 valence electrons. The normalized spacial score (nSPS) is 14.5. The van der Waals surface area contributed by atoms with Crippen molar-refractivity contribution in [1.29, 1.82) is 5.26 Å². The Morgan fingerprint density at radius 3 is 2.31 bits per heavy atom. The van der Waals surface area contributed by atoms with Crippen molar-refractivity contribution in [2.75, 3.05) is 11.5 Å². The molecule has 1 unspecified atom stereocenters. The fourth-order valence-corrected chi connectivity index (χ4v) is 5.62. The number of rotatable bonds is 8. The summed E-state index contributed by atoms with van der Waals surface area (Å²) in [6, 6.07) is 26.2. The standard InChI is InChI=1S/C33H25N3O5S/c1-20-8-10-22(11-9-20)27(37)19-41-33(40)24-12-14-26(15-13-24)36-29(38)17-28(32(36)39)42-31-25(18-34)16-21(2)30(35-31)23-6-4-3-5-7-23/h3-16,28H,17,19H2,1-2H3. The zero-order chi connectivity index (χ0) is 29.8. The van der Waals surface area contributed by atoms with Crippen LogP contribution < -0.4 is 4.90 Å². The third-order valence-electron chi connectivity index (χ3n) is 6.77. The van der Waals surface area contributed by atoms with E-state index in [1.807, 2.05) is 44.2 Å². The van der Waals surface area contributed by atoms with Gasteiger partial charge < -0.3 is 4.74 Å². The molecule has 0 aliphatic carbocycles. The van der Waals surface area contributed by atoms with Crippen LogP contribution in [0, 0.1) is 25.2 Å². The van der Waals surface area contributed by atoms with Gasteiger partial charge in [0.1, 0.15) is 11.1 Å². The third kappa shape index (κ3) is 5.99. The lowest BCUT2D eigenvalue weighted by molar-refractivity contribution is -0.121. The number of carbonyl (C=O) groups excluding carboxylic acids is 4. The highest BCUT2D eigenvalue weighted by Gasteiger charge is 2.41. The van der Waals surface area contributed by atoms with E-state index in [2.05, 4.69) is 6.07 Å². The average Bonchev–Trinajstić information content (AvgIpc) is 3.29. The van der Waals surface area contributed by atoms with Gasteiger partial charge in [-0.15, -0.1) is 0 Å². The van der Waals surface area contributed by atoms with Gasteiger partial charge in [-0.25, -0.2) is 14.7 Å². The van der Waals surface area contributed by atoms with Gasteiger partial charge in [-0.3, -0.25) is 14.4 Å². The molecule has 1 aliphatic rings. The largest absolute Gasteiger partial charge is 0.454 e. The molecular weight excluding hydrogens is 550 g/mol. The minimum Gasteiger partial charge on any atom is -0.454 e. The van der Waals surface area contributed by atoms with Gasteiger partial charge in [0.05, 0.1) is 27.8 Å². The fourth-order valence-electron chi connectivity index (χ4n) is 4.54. The van der Waals surface area contributed by atoms with Crippen LogP contribution in [-0.2, 0) is 14.3 Å². The molecule has 42 heavy (non-hydrogen) atoms. The molecule has 0 N–H and O–H groups in total. The van der Waals surface area contributed by atoms with Gasteiger partial charge in [0, 0.05) is 17.5 Å². The molecule has 0 spiro atoms. The van der Waals surface area contributed by atoms with Crippen LogP contribution in [0.5, 0.6) is 0 Å². The van der Waals surface area contributed by atoms with Crippen molar-refractivity contribution in [3.8, 4) is 17.3 Å². The summed E-state index contributed by atoms with van der Waals surface area (Å²) >= 11 is 1.09. The molecule has 8 nitrogen and oxygen atoms in total. The van der Waals surface area contributed by atoms with Gasteiger partial charge >= 0.3 is 5.97 Å². The number of anilines is 1. The lowest BCUT2D eigenvalue weighted by Gasteiger charge is -2.16. The summed E-state index contributed by atoms with van der Waals surface area (Å²) in [5.74, 6) is -1.85. The quantitative estimate of drug-likeness (QED) is 0.149. The number of hydrogen-bond acceptors (Lipinski definition) is 8. The number of nitrogens with zero attached hydrogens (tertiary/aromatic N) is 3. The SMILES string of the molecule is Cc1ccc(C(=O)COC(=O)c2ccc(N3C(=O)CC(Sc4nc(-c5ccccc5)c(C)cc4C#N)C3=O)cc2)cc1. The summed E-state index contributed by atoms with van der Waals surface area (Å²) < 4.78 is 5.16. The molecule has 1 aromatic heterocycles. The number of Topliss-reactive ketones (excluding diaryl/α,β-unsaturated/α-hetero) is 1. The summed E-state index contributed by atoms with van der Waals surface area (Å²) in [7, 11) is 0. The Bertz CT molecular complexity index is 1730. The molecule has 3 aromatic carbocycles. The maximum absolute atomic E-state index is 13.3. The van der Waals surface area contributed by atoms with Gasteiger partial charge in [0.25, 0.3) is 0 Å². The second-order valence-corrected chi connectivity index (χ2v) is 11.0. The number of thioether (sulfide) groups is 1. The first-order valence-electron chi connectivity index (χ1n) is 13.1. The van der Waals surface area contributed by atoms with E-state index < -0.39 is 29.6 Å². The molecule has 0 saturated carbocycles. The number of aryl methyl sites for hydroxylation is 2. The predicted octanol–water partition coefficient (Wildman–Crippen LogP) is 5.70. The number of pyridine rings is 1. The van der Waals surface area contributed by atoms with E-state index in [1.165, 1.54) is 24.3 Å². The number of benzene rings is 3. The monoisotopic (exact) mass is 575 g/mol. The highest BCUT2D eigenvalue weighted by atomic mass is 32.2. The van der Waals surface area contributed by atoms with Crippen molar-refractivity contribution in [2.24, 2.45) is 0 Å². The Hall–Kier alpha value is -5.07. The lowest BCUT2D eigenvalue weighted by Crippen LogP contribution is -2.31. The van der Waals surface area contributed by atoms with Crippen LogP contribution in [-0.4, -0.2) is 40.4 Å². The van der Waals surface area contributed by atoms with Gasteiger partial charge in [-0.1, -0.05) is 71.9 Å². The molecule has 2 amide bonds. The Morgan fingerprint density at radius 2 is 1.64 bits per heavy atom. The van der Waals surface area contributed by atoms with Crippen LogP contribution in [0.4, 0.5) is 5.69 Å². The van der Waals surface area contributed by atoms with Crippen LogP contribution in [0.25, 0.3) is 11.3 Å². The third-order valence-corrected chi connectivity index (χ3v) is 7.96. The molecule has 0 radical (unpaired) electrons. The van der Waals surface area contributed by atoms with E-state index in [0.29, 0.717) is 27.5 Å². The summed E-state index contributed by atoms with van der Waals surface area (Å²) in [6.45, 7) is 3.38. The highest BCUT2D eigenvalue weighted by molar-refractivity contribution is 8.00. The van der Waals surface area contributed by atoms with Crippen LogP contribution in [0.1, 0.15) is 43.8 Å². The van der Waals surface area contributed by atoms with Crippen molar-refractivity contribution < 1.29 is 23.9 Å². The summed E-state index contributed by atoms with van der Waals surface area (Å²) in [5.41, 5.74) is 4.69. The van der Waals surface area contributed by atoms with E-state index in [9.17, 15) is 24.4 Å². The van der Waals surface area contributed by atoms with Crippen LogP contribution in [0.2, 0.25) is 0 Å². The van der Waals surface area contributed by atoms with Crippen LogP contribution in [0.15, 0.2) is 90.0 Å². The first-order valence-corrected chi connectivity index (χ1v) is 14.0. The van der Waals surface area contributed by atoms with E-state index in [1.54, 1.807) is 30.3 Å². The first-order chi connectivity index (χ1) is 20.2. The molecule has 1 aliphatic heterocycles. The van der Waals surface area contributed by atoms with Gasteiger partial charge in [0.2, 0.25) is 11.8 Å². The molecule has 1 fully saturated rings. The molecule has 0 bridgehead atoms. The zero-order valence-corrected chi connectivity index (χ0v) is 23.7. The average molecular weight is 576 g/mol. The molecule has 2 heterocycles. The number of amides is 2. The topological polar surface area (TPSA) is 117 Å². The Morgan fingerprint density at radius 1 is 0.976 bits per heavy atom. The fraction of sp³-hybridized carbons (Fsp3) is 0.152. The zero-order valence-electron chi connectivity index (χ0n) is 22.9. The Kier molecular flexibility index (Phi) is 8.27. The van der Waals surface area contributed by atoms with Crippen molar-refractivity contribution in [2.45, 2.75) is 30.5 Å². The maximum atomic E-state index is 13.3. The highest BCUT2D eigenvalue weighted by Crippen LogP contribution is 2.36. The first kappa shape index (κ1) is 28.5. The smallest absolute Gasteiger partial charge is 0.338 e. The Balaban J connectivity index is 1.27. The summed E-state index contributed by atoms with van der Waals surface area (Å²) in [6.07, 6.45) is -0.0600. The minimum absolute atomic E-state index is 0.0600. The number of carbonyl (C=O) groups is 4. The van der Waals surface area contributed by atoms with Crippen molar-refractivity contribution in [3.05, 3.63) is 113 Å². The number of imide groups is 1. The number of nitriles is 1. The maximum Gasteiger partial charge on any atom is 0.338 e. The number of ketones is 1. The van der Waals surface area contributed by atoms with Crippen molar-refractivity contribution >= 4 is 41.0 Å². The lowest BCUT2D eigenvalue weighted by atomic mass is 10.1. The van der Waals surface area contributed by atoms with E-state index in [0.717, 1.165) is 33.4 Å².